The van der Waals surface area contributed by atoms with Gasteiger partial charge in [0.05, 0.1) is 13.2 Å². The number of aliphatic hydroxyl groups is 1. The Kier molecular flexibility index (Phi) is 4.74. The summed E-state index contributed by atoms with van der Waals surface area (Å²) in [5, 5.41) is 10.3. The van der Waals surface area contributed by atoms with Gasteiger partial charge in [0.15, 0.2) is 0 Å². The Balaban J connectivity index is 1.81. The van der Waals surface area contributed by atoms with Crippen molar-refractivity contribution in [3.63, 3.8) is 0 Å². The molecule has 1 aromatic rings. The van der Waals surface area contributed by atoms with Crippen LogP contribution >= 0.6 is 0 Å². The Morgan fingerprint density at radius 1 is 1.32 bits per heavy atom. The van der Waals surface area contributed by atoms with Crippen LogP contribution in [-0.4, -0.2) is 50.2 Å². The van der Waals surface area contributed by atoms with Crippen LogP contribution in [0.5, 0.6) is 5.75 Å². The minimum atomic E-state index is -0.902. The summed E-state index contributed by atoms with van der Waals surface area (Å²) in [6, 6.07) is 5.81. The molecule has 1 aliphatic rings. The maximum Gasteiger partial charge on any atom is 0.144 e. The van der Waals surface area contributed by atoms with Crippen LogP contribution in [0.15, 0.2) is 24.3 Å². The zero-order valence-corrected chi connectivity index (χ0v) is 11.2. The molecule has 1 aromatic carbocycles. The van der Waals surface area contributed by atoms with E-state index in [1.807, 2.05) is 0 Å². The molecule has 1 saturated heterocycles. The SMILES string of the molecule is C[C@](O)(COc1ccc(F)cc1)C[NH+]1CCOCC1. The average molecular weight is 270 g/mol. The maximum absolute atomic E-state index is 12.7. The van der Waals surface area contributed by atoms with Crippen molar-refractivity contribution < 1.29 is 23.9 Å². The molecule has 0 amide bonds. The lowest BCUT2D eigenvalue weighted by atomic mass is 10.1. The van der Waals surface area contributed by atoms with Crippen LogP contribution in [0.3, 0.4) is 0 Å². The van der Waals surface area contributed by atoms with Crippen LogP contribution in [-0.2, 0) is 4.74 Å². The standard InChI is InChI=1S/C14H20FNO3/c1-14(17,10-16-6-8-18-9-7-16)11-19-13-4-2-12(15)3-5-13/h2-5,17H,6-11H2,1H3/p+1/t14-/m1/s1. The first-order valence-electron chi connectivity index (χ1n) is 6.57. The Labute approximate surface area is 112 Å². The number of hydrogen-bond acceptors (Lipinski definition) is 3. The highest BCUT2D eigenvalue weighted by molar-refractivity contribution is 5.22. The Morgan fingerprint density at radius 2 is 1.95 bits per heavy atom. The minimum absolute atomic E-state index is 0.197. The van der Waals surface area contributed by atoms with Crippen LogP contribution in [0.1, 0.15) is 6.92 Å². The second-order valence-electron chi connectivity index (χ2n) is 5.28. The van der Waals surface area contributed by atoms with Gasteiger partial charge >= 0.3 is 0 Å². The lowest BCUT2D eigenvalue weighted by Gasteiger charge is -2.31. The molecule has 0 spiro atoms. The van der Waals surface area contributed by atoms with E-state index in [0.29, 0.717) is 12.3 Å². The molecular weight excluding hydrogens is 249 g/mol. The number of quaternary nitrogens is 1. The van der Waals surface area contributed by atoms with Gasteiger partial charge in [0.2, 0.25) is 0 Å². The molecule has 0 unspecified atom stereocenters. The number of morpholine rings is 1. The Hall–Kier alpha value is -1.17. The molecule has 1 fully saturated rings. The molecule has 2 rings (SSSR count). The number of nitrogens with one attached hydrogen (secondary N) is 1. The predicted molar refractivity (Wildman–Crippen MR) is 68.9 cm³/mol. The van der Waals surface area contributed by atoms with Gasteiger partial charge in [-0.25, -0.2) is 4.39 Å². The summed E-state index contributed by atoms with van der Waals surface area (Å²) < 4.78 is 23.5. The monoisotopic (exact) mass is 270 g/mol. The quantitative estimate of drug-likeness (QED) is 0.783. The van der Waals surface area contributed by atoms with Gasteiger partial charge in [0, 0.05) is 0 Å². The van der Waals surface area contributed by atoms with Gasteiger partial charge in [-0.1, -0.05) is 0 Å². The molecule has 0 radical (unpaired) electrons. The van der Waals surface area contributed by atoms with Crippen LogP contribution in [0, 0.1) is 5.82 Å². The molecule has 1 atom stereocenters. The van der Waals surface area contributed by atoms with Crippen molar-refractivity contribution in [1.29, 1.82) is 0 Å². The summed E-state index contributed by atoms with van der Waals surface area (Å²) in [7, 11) is 0. The molecule has 4 nitrogen and oxygen atoms in total. The van der Waals surface area contributed by atoms with Gasteiger partial charge in [-0.15, -0.1) is 0 Å². The number of benzene rings is 1. The van der Waals surface area contributed by atoms with Gasteiger partial charge in [0.1, 0.15) is 43.4 Å². The Bertz CT molecular complexity index is 388. The zero-order valence-electron chi connectivity index (χ0n) is 11.2. The Morgan fingerprint density at radius 3 is 2.58 bits per heavy atom. The lowest BCUT2D eigenvalue weighted by Crippen LogP contribution is -3.16. The summed E-state index contributed by atoms with van der Waals surface area (Å²) in [5.74, 6) is 0.274. The molecule has 0 saturated carbocycles. The molecule has 5 heteroatoms. The fraction of sp³-hybridized carbons (Fsp3) is 0.571. The second-order valence-corrected chi connectivity index (χ2v) is 5.28. The van der Waals surface area contributed by atoms with Gasteiger partial charge < -0.3 is 19.5 Å². The largest absolute Gasteiger partial charge is 0.490 e. The van der Waals surface area contributed by atoms with Crippen molar-refractivity contribution in [2.24, 2.45) is 0 Å². The topological polar surface area (TPSA) is 43.1 Å². The van der Waals surface area contributed by atoms with Crippen LogP contribution < -0.4 is 9.64 Å². The first kappa shape index (κ1) is 14.2. The normalized spacial score (nSPS) is 19.9. The van der Waals surface area contributed by atoms with E-state index >= 15 is 0 Å². The first-order chi connectivity index (χ1) is 9.05. The summed E-state index contributed by atoms with van der Waals surface area (Å²) >= 11 is 0. The number of ether oxygens (including phenoxy) is 2. The van der Waals surface area contributed by atoms with E-state index < -0.39 is 5.60 Å². The van der Waals surface area contributed by atoms with Crippen molar-refractivity contribution in [3.8, 4) is 5.75 Å². The van der Waals surface area contributed by atoms with Gasteiger partial charge in [-0.3, -0.25) is 0 Å². The van der Waals surface area contributed by atoms with Crippen molar-refractivity contribution in [2.75, 3.05) is 39.5 Å². The number of hydrogen-bond donors (Lipinski definition) is 2. The highest BCUT2D eigenvalue weighted by Gasteiger charge is 2.29. The highest BCUT2D eigenvalue weighted by Crippen LogP contribution is 2.13. The fourth-order valence-electron chi connectivity index (χ4n) is 2.20. The molecule has 1 aliphatic heterocycles. The van der Waals surface area contributed by atoms with E-state index in [0.717, 1.165) is 26.3 Å². The zero-order chi connectivity index (χ0) is 13.7. The van der Waals surface area contributed by atoms with E-state index in [2.05, 4.69) is 0 Å². The summed E-state index contributed by atoms with van der Waals surface area (Å²) in [5.41, 5.74) is -0.902. The average Bonchev–Trinajstić information content (AvgIpc) is 2.39. The minimum Gasteiger partial charge on any atom is -0.490 e. The number of halogens is 1. The van der Waals surface area contributed by atoms with Crippen molar-refractivity contribution >= 4 is 0 Å². The van der Waals surface area contributed by atoms with Crippen LogP contribution in [0.2, 0.25) is 0 Å². The summed E-state index contributed by atoms with van der Waals surface area (Å²) in [4.78, 5) is 1.32. The van der Waals surface area contributed by atoms with Crippen LogP contribution in [0.4, 0.5) is 4.39 Å². The predicted octanol–water partition coefficient (Wildman–Crippen LogP) is -0.129. The second kappa shape index (κ2) is 6.32. The van der Waals surface area contributed by atoms with Gasteiger partial charge in [0.25, 0.3) is 0 Å². The third-order valence-corrected chi connectivity index (χ3v) is 3.19. The van der Waals surface area contributed by atoms with E-state index in [-0.39, 0.29) is 12.4 Å². The first-order valence-corrected chi connectivity index (χ1v) is 6.57. The lowest BCUT2D eigenvalue weighted by molar-refractivity contribution is -0.914. The molecule has 0 bridgehead atoms. The van der Waals surface area contributed by atoms with Gasteiger partial charge in [-0.2, -0.15) is 0 Å². The smallest absolute Gasteiger partial charge is 0.144 e. The summed E-state index contributed by atoms with van der Waals surface area (Å²) in [6.45, 7) is 5.88. The highest BCUT2D eigenvalue weighted by atomic mass is 19.1. The molecular formula is C14H21FNO3+. The van der Waals surface area contributed by atoms with Gasteiger partial charge in [-0.05, 0) is 31.2 Å². The van der Waals surface area contributed by atoms with Crippen LogP contribution in [0.25, 0.3) is 0 Å². The number of rotatable bonds is 5. The summed E-state index contributed by atoms with van der Waals surface area (Å²) in [6.07, 6.45) is 0. The van der Waals surface area contributed by atoms with E-state index in [1.54, 1.807) is 19.1 Å². The molecule has 0 aromatic heterocycles. The van der Waals surface area contributed by atoms with Crippen molar-refractivity contribution in [1.82, 2.24) is 0 Å². The fourth-order valence-corrected chi connectivity index (χ4v) is 2.20. The van der Waals surface area contributed by atoms with E-state index in [4.69, 9.17) is 9.47 Å². The third-order valence-electron chi connectivity index (χ3n) is 3.19. The maximum atomic E-state index is 12.7. The van der Waals surface area contributed by atoms with E-state index in [1.165, 1.54) is 17.0 Å². The molecule has 106 valence electrons. The van der Waals surface area contributed by atoms with Crippen molar-refractivity contribution in [3.05, 3.63) is 30.1 Å². The molecule has 2 N–H and O–H groups in total. The molecule has 19 heavy (non-hydrogen) atoms. The molecule has 0 aliphatic carbocycles. The molecule has 1 heterocycles. The third kappa shape index (κ3) is 4.78. The van der Waals surface area contributed by atoms with Crippen molar-refractivity contribution in [2.45, 2.75) is 12.5 Å². The van der Waals surface area contributed by atoms with E-state index in [9.17, 15) is 9.50 Å².